The molecule has 0 amide bonds. The van der Waals surface area contributed by atoms with Crippen molar-refractivity contribution in [2.24, 2.45) is 13.0 Å². The molecule has 8 nitrogen and oxygen atoms in total. The number of hydrogen-bond acceptors (Lipinski definition) is 6. The van der Waals surface area contributed by atoms with Gasteiger partial charge in [0.2, 0.25) is 0 Å². The van der Waals surface area contributed by atoms with E-state index in [1.807, 2.05) is 30.5 Å². The summed E-state index contributed by atoms with van der Waals surface area (Å²) in [7, 11) is 3.41. The summed E-state index contributed by atoms with van der Waals surface area (Å²) in [5, 5.41) is 12.0. The van der Waals surface area contributed by atoms with E-state index in [1.165, 1.54) is 0 Å². The summed E-state index contributed by atoms with van der Waals surface area (Å²) >= 11 is 0. The summed E-state index contributed by atoms with van der Waals surface area (Å²) < 4.78 is 45.0. The molecule has 3 aromatic rings. The van der Waals surface area contributed by atoms with Gasteiger partial charge in [-0.2, -0.15) is 13.2 Å². The van der Waals surface area contributed by atoms with Gasteiger partial charge in [0.1, 0.15) is 0 Å². The third-order valence-electron chi connectivity index (χ3n) is 5.64. The first-order valence-corrected chi connectivity index (χ1v) is 10.9. The number of hydrogen-bond donors (Lipinski definition) is 2. The molecular weight excluding hydrogens is 467 g/mol. The van der Waals surface area contributed by atoms with Crippen LogP contribution in [0.25, 0.3) is 21.9 Å². The molecule has 1 fully saturated rings. The molecule has 0 radical (unpaired) electrons. The predicted octanol–water partition coefficient (Wildman–Crippen LogP) is 3.62. The first-order chi connectivity index (χ1) is 16.6. The summed E-state index contributed by atoms with van der Waals surface area (Å²) in [5.41, 5.74) is 1.88. The van der Waals surface area contributed by atoms with E-state index in [9.17, 15) is 18.0 Å². The van der Waals surface area contributed by atoms with Gasteiger partial charge in [-0.1, -0.05) is 6.07 Å². The second-order valence-electron chi connectivity index (χ2n) is 8.05. The van der Waals surface area contributed by atoms with E-state index in [0.717, 1.165) is 48.2 Å². The number of aliphatic carboxylic acids is 1. The Hall–Kier alpha value is -3.60. The average Bonchev–Trinajstić information content (AvgIpc) is 2.85. The Labute approximate surface area is 199 Å². The molecule has 0 saturated carbocycles. The quantitative estimate of drug-likeness (QED) is 0.560. The Kier molecular flexibility index (Phi) is 8.34. The molecule has 1 aliphatic heterocycles. The second kappa shape index (κ2) is 11.2. The second-order valence-corrected chi connectivity index (χ2v) is 8.05. The van der Waals surface area contributed by atoms with Gasteiger partial charge in [-0.3, -0.25) is 9.78 Å². The van der Waals surface area contributed by atoms with Gasteiger partial charge in [0.25, 0.3) is 5.56 Å². The van der Waals surface area contributed by atoms with Gasteiger partial charge in [-0.25, -0.2) is 4.79 Å². The van der Waals surface area contributed by atoms with Crippen molar-refractivity contribution in [1.29, 1.82) is 0 Å². The van der Waals surface area contributed by atoms with E-state index in [4.69, 9.17) is 19.4 Å². The number of aryl methyl sites for hydroxylation is 1. The van der Waals surface area contributed by atoms with E-state index >= 15 is 0 Å². The summed E-state index contributed by atoms with van der Waals surface area (Å²) in [6.07, 6.45) is 2.37. The third kappa shape index (κ3) is 6.50. The number of aromatic nitrogens is 2. The van der Waals surface area contributed by atoms with E-state index in [1.54, 1.807) is 31.1 Å². The maximum absolute atomic E-state index is 12.4. The zero-order valence-corrected chi connectivity index (χ0v) is 19.3. The highest BCUT2D eigenvalue weighted by atomic mass is 19.4. The van der Waals surface area contributed by atoms with Crippen LogP contribution in [0.5, 0.6) is 11.5 Å². The number of methoxy groups -OCH3 is 1. The Morgan fingerprint density at radius 3 is 2.51 bits per heavy atom. The highest BCUT2D eigenvalue weighted by Crippen LogP contribution is 2.35. The van der Waals surface area contributed by atoms with Gasteiger partial charge < -0.3 is 24.5 Å². The van der Waals surface area contributed by atoms with Crippen LogP contribution in [0.2, 0.25) is 0 Å². The first-order valence-electron chi connectivity index (χ1n) is 10.9. The monoisotopic (exact) mass is 493 g/mol. The van der Waals surface area contributed by atoms with Crippen molar-refractivity contribution >= 4 is 16.7 Å². The highest BCUT2D eigenvalue weighted by molar-refractivity contribution is 5.95. The number of halogens is 3. The molecule has 3 heterocycles. The standard InChI is InChI=1S/C22H25N3O3.C2HF3O2/c1-25-13-19(17-7-10-24-12-18(17)22(25)26)16-3-4-20(21(11-16)27-2)28-14-15-5-8-23-9-6-15;3-2(4,5)1(6)7/h3-4,7,10-13,15,23H,5-6,8-9,14H2,1-2H3;(H,6,7). The van der Waals surface area contributed by atoms with E-state index in [0.29, 0.717) is 23.7 Å². The Bertz CT molecular complexity index is 1240. The lowest BCUT2D eigenvalue weighted by Crippen LogP contribution is -2.30. The van der Waals surface area contributed by atoms with E-state index < -0.39 is 12.1 Å². The molecule has 0 unspecified atom stereocenters. The molecule has 1 aliphatic rings. The van der Waals surface area contributed by atoms with Crippen LogP contribution < -0.4 is 20.3 Å². The van der Waals surface area contributed by atoms with E-state index in [-0.39, 0.29) is 5.56 Å². The maximum atomic E-state index is 12.4. The van der Waals surface area contributed by atoms with Crippen molar-refractivity contribution in [3.05, 3.63) is 53.2 Å². The van der Waals surface area contributed by atoms with Gasteiger partial charge in [0.05, 0.1) is 19.1 Å². The van der Waals surface area contributed by atoms with Crippen LogP contribution in [0.15, 0.2) is 47.7 Å². The lowest BCUT2D eigenvalue weighted by Gasteiger charge is -2.23. The third-order valence-corrected chi connectivity index (χ3v) is 5.64. The molecule has 1 saturated heterocycles. The fraction of sp³-hybridized carbons (Fsp3) is 0.375. The lowest BCUT2D eigenvalue weighted by molar-refractivity contribution is -0.192. The van der Waals surface area contributed by atoms with Gasteiger partial charge in [-0.05, 0) is 61.0 Å². The minimum atomic E-state index is -5.08. The van der Waals surface area contributed by atoms with Crippen LogP contribution in [-0.2, 0) is 11.8 Å². The molecule has 0 atom stereocenters. The van der Waals surface area contributed by atoms with Crippen molar-refractivity contribution in [2.45, 2.75) is 19.0 Å². The molecule has 1 aromatic carbocycles. The van der Waals surface area contributed by atoms with Crippen LogP contribution in [-0.4, -0.2) is 53.6 Å². The van der Waals surface area contributed by atoms with E-state index in [2.05, 4.69) is 10.3 Å². The largest absolute Gasteiger partial charge is 0.493 e. The van der Waals surface area contributed by atoms with Gasteiger partial charge in [0, 0.05) is 31.2 Å². The Morgan fingerprint density at radius 2 is 1.89 bits per heavy atom. The number of benzene rings is 1. The van der Waals surface area contributed by atoms with Gasteiger partial charge >= 0.3 is 12.1 Å². The number of rotatable bonds is 5. The van der Waals surface area contributed by atoms with Crippen LogP contribution in [0.4, 0.5) is 13.2 Å². The van der Waals surface area contributed by atoms with Crippen molar-refractivity contribution in [3.63, 3.8) is 0 Å². The average molecular weight is 493 g/mol. The molecule has 35 heavy (non-hydrogen) atoms. The fourth-order valence-electron chi connectivity index (χ4n) is 3.75. The zero-order valence-electron chi connectivity index (χ0n) is 19.3. The van der Waals surface area contributed by atoms with Crippen LogP contribution >= 0.6 is 0 Å². The molecule has 2 aromatic heterocycles. The lowest BCUT2D eigenvalue weighted by atomic mass is 9.99. The number of pyridine rings is 2. The Morgan fingerprint density at radius 1 is 1.20 bits per heavy atom. The predicted molar refractivity (Wildman–Crippen MR) is 124 cm³/mol. The van der Waals surface area contributed by atoms with Crippen LogP contribution in [0, 0.1) is 5.92 Å². The summed E-state index contributed by atoms with van der Waals surface area (Å²) in [6, 6.07) is 7.81. The molecular formula is C24H26F3N3O5. The highest BCUT2D eigenvalue weighted by Gasteiger charge is 2.38. The number of carboxylic acid groups (broad SMARTS) is 1. The molecule has 11 heteroatoms. The van der Waals surface area contributed by atoms with Gasteiger partial charge in [0.15, 0.2) is 11.5 Å². The summed E-state index contributed by atoms with van der Waals surface area (Å²) in [5.74, 6) is -0.735. The number of carboxylic acids is 1. The number of piperidine rings is 1. The number of alkyl halides is 3. The number of ether oxygens (including phenoxy) is 2. The SMILES string of the molecule is COc1cc(-c2cn(C)c(=O)c3cnccc23)ccc1OCC1CCNCC1.O=C(O)C(F)(F)F. The molecule has 4 rings (SSSR count). The van der Waals surface area contributed by atoms with Gasteiger partial charge in [-0.15, -0.1) is 0 Å². The smallest absolute Gasteiger partial charge is 0.490 e. The van der Waals surface area contributed by atoms with Crippen molar-refractivity contribution in [1.82, 2.24) is 14.9 Å². The number of nitrogens with one attached hydrogen (secondary N) is 1. The normalized spacial score (nSPS) is 14.2. The van der Waals surface area contributed by atoms with Crippen LogP contribution in [0.3, 0.4) is 0 Å². The number of fused-ring (bicyclic) bond motifs is 1. The summed E-state index contributed by atoms with van der Waals surface area (Å²) in [6.45, 7) is 2.81. The number of carbonyl (C=O) groups is 1. The molecule has 0 spiro atoms. The topological polar surface area (TPSA) is 103 Å². The molecule has 0 bridgehead atoms. The summed E-state index contributed by atoms with van der Waals surface area (Å²) in [4.78, 5) is 25.4. The van der Waals surface area contributed by atoms with Crippen molar-refractivity contribution in [2.75, 3.05) is 26.8 Å². The fourth-order valence-corrected chi connectivity index (χ4v) is 3.75. The maximum Gasteiger partial charge on any atom is 0.490 e. The van der Waals surface area contributed by atoms with Crippen molar-refractivity contribution < 1.29 is 32.5 Å². The van der Waals surface area contributed by atoms with Crippen LogP contribution in [0.1, 0.15) is 12.8 Å². The minimum absolute atomic E-state index is 0.0549. The molecule has 2 N–H and O–H groups in total. The molecule has 188 valence electrons. The first kappa shape index (κ1) is 26.0. The minimum Gasteiger partial charge on any atom is -0.493 e. The number of nitrogens with zero attached hydrogens (tertiary/aromatic N) is 2. The zero-order chi connectivity index (χ0) is 25.6. The van der Waals surface area contributed by atoms with Crippen molar-refractivity contribution in [3.8, 4) is 22.6 Å². The molecule has 0 aliphatic carbocycles. The Balaban J connectivity index is 0.000000429.